The molecule has 0 aliphatic rings. The molecule has 2 aromatic carbocycles. The van der Waals surface area contributed by atoms with E-state index in [9.17, 15) is 18.0 Å². The molecular formula is C26H24F3N3O3. The fraction of sp³-hybridized carbons (Fsp3) is 0.231. The van der Waals surface area contributed by atoms with Crippen molar-refractivity contribution in [1.82, 2.24) is 9.78 Å². The van der Waals surface area contributed by atoms with Crippen molar-refractivity contribution in [2.75, 3.05) is 5.32 Å². The van der Waals surface area contributed by atoms with Crippen LogP contribution in [0.4, 0.5) is 19.0 Å². The Morgan fingerprint density at radius 3 is 2.49 bits per heavy atom. The molecule has 0 saturated carbocycles. The smallest absolute Gasteiger partial charge is 0.416 e. The van der Waals surface area contributed by atoms with E-state index in [-0.39, 0.29) is 24.7 Å². The number of rotatable bonds is 7. The first kappa shape index (κ1) is 24.1. The zero-order valence-electron chi connectivity index (χ0n) is 19.4. The van der Waals surface area contributed by atoms with Crippen molar-refractivity contribution in [3.8, 4) is 5.75 Å². The van der Waals surface area contributed by atoms with E-state index < -0.39 is 17.6 Å². The van der Waals surface area contributed by atoms with Crippen LogP contribution in [0.25, 0.3) is 0 Å². The van der Waals surface area contributed by atoms with Crippen LogP contribution in [0.3, 0.4) is 0 Å². The zero-order valence-corrected chi connectivity index (χ0v) is 19.4. The van der Waals surface area contributed by atoms with E-state index in [4.69, 9.17) is 9.15 Å². The number of furan rings is 1. The number of ether oxygens (including phenoxy) is 1. The van der Waals surface area contributed by atoms with Crippen molar-refractivity contribution >= 4 is 11.7 Å². The third-order valence-corrected chi connectivity index (χ3v) is 5.27. The van der Waals surface area contributed by atoms with Gasteiger partial charge < -0.3 is 14.5 Å². The van der Waals surface area contributed by atoms with Crippen LogP contribution in [-0.4, -0.2) is 15.7 Å². The minimum atomic E-state index is -4.42. The minimum absolute atomic E-state index is 0.0918. The first-order valence-corrected chi connectivity index (χ1v) is 10.9. The van der Waals surface area contributed by atoms with Crippen LogP contribution >= 0.6 is 0 Å². The van der Waals surface area contributed by atoms with Gasteiger partial charge in [0.25, 0.3) is 5.91 Å². The van der Waals surface area contributed by atoms with Gasteiger partial charge >= 0.3 is 6.18 Å². The maximum absolute atomic E-state index is 13.0. The molecule has 6 nitrogen and oxygen atoms in total. The molecule has 1 amide bonds. The van der Waals surface area contributed by atoms with Gasteiger partial charge in [-0.15, -0.1) is 0 Å². The van der Waals surface area contributed by atoms with Crippen molar-refractivity contribution < 1.29 is 27.1 Å². The summed E-state index contributed by atoms with van der Waals surface area (Å²) in [5, 5.41) is 6.96. The topological polar surface area (TPSA) is 69.3 Å². The SMILES string of the molecule is Cc1cc(C)cc(OCc2ccc(C(=O)Nc3cc(C)n(Cc4cccc(C(F)(F)F)c4)n3)o2)c1. The summed E-state index contributed by atoms with van der Waals surface area (Å²) in [7, 11) is 0. The Bertz CT molecular complexity index is 1340. The van der Waals surface area contributed by atoms with Gasteiger partial charge in [-0.25, -0.2) is 0 Å². The number of halogens is 3. The molecule has 4 rings (SSSR count). The quantitative estimate of drug-likeness (QED) is 0.335. The highest BCUT2D eigenvalue weighted by molar-refractivity contribution is 6.01. The van der Waals surface area contributed by atoms with Gasteiger partial charge in [0, 0.05) is 11.8 Å². The predicted octanol–water partition coefficient (Wildman–Crippen LogP) is 6.30. The van der Waals surface area contributed by atoms with Crippen LogP contribution < -0.4 is 10.1 Å². The van der Waals surface area contributed by atoms with Gasteiger partial charge in [0.2, 0.25) is 0 Å². The number of nitrogens with one attached hydrogen (secondary N) is 1. The van der Waals surface area contributed by atoms with Crippen LogP contribution in [-0.2, 0) is 19.3 Å². The number of carbonyl (C=O) groups excluding carboxylic acids is 1. The van der Waals surface area contributed by atoms with Gasteiger partial charge in [0.1, 0.15) is 18.1 Å². The number of aryl methyl sites for hydroxylation is 3. The highest BCUT2D eigenvalue weighted by Gasteiger charge is 2.30. The highest BCUT2D eigenvalue weighted by Crippen LogP contribution is 2.29. The molecular weight excluding hydrogens is 459 g/mol. The summed E-state index contributed by atoms with van der Waals surface area (Å²) in [5.41, 5.74) is 2.58. The Kier molecular flexibility index (Phi) is 6.68. The molecule has 9 heteroatoms. The molecule has 0 saturated heterocycles. The molecule has 0 atom stereocenters. The molecule has 0 bridgehead atoms. The Balaban J connectivity index is 1.38. The van der Waals surface area contributed by atoms with Gasteiger partial charge in [0.05, 0.1) is 12.1 Å². The molecule has 0 aliphatic carbocycles. The molecule has 0 radical (unpaired) electrons. The molecule has 4 aromatic rings. The van der Waals surface area contributed by atoms with Crippen molar-refractivity contribution in [3.05, 3.63) is 100 Å². The van der Waals surface area contributed by atoms with E-state index in [0.717, 1.165) is 23.3 Å². The van der Waals surface area contributed by atoms with Gasteiger partial charge in [-0.1, -0.05) is 18.2 Å². The van der Waals surface area contributed by atoms with E-state index >= 15 is 0 Å². The normalized spacial score (nSPS) is 11.5. The van der Waals surface area contributed by atoms with Gasteiger partial charge in [0.15, 0.2) is 11.6 Å². The number of benzene rings is 2. The van der Waals surface area contributed by atoms with Crippen LogP contribution in [0.1, 0.15) is 44.3 Å². The highest BCUT2D eigenvalue weighted by atomic mass is 19.4. The monoisotopic (exact) mass is 483 g/mol. The lowest BCUT2D eigenvalue weighted by molar-refractivity contribution is -0.137. The number of anilines is 1. The van der Waals surface area contributed by atoms with Gasteiger partial charge in [-0.05, 0) is 73.9 Å². The van der Waals surface area contributed by atoms with Crippen LogP contribution in [0.2, 0.25) is 0 Å². The average molecular weight is 483 g/mol. The van der Waals surface area contributed by atoms with Crippen molar-refractivity contribution in [2.24, 2.45) is 0 Å². The van der Waals surface area contributed by atoms with Gasteiger partial charge in [-0.2, -0.15) is 18.3 Å². The average Bonchev–Trinajstić information content (AvgIpc) is 3.38. The van der Waals surface area contributed by atoms with Crippen LogP contribution in [0.15, 0.2) is 65.1 Å². The summed E-state index contributed by atoms with van der Waals surface area (Å²) in [4.78, 5) is 12.6. The summed E-state index contributed by atoms with van der Waals surface area (Å²) in [5.74, 6) is 1.07. The van der Waals surface area contributed by atoms with E-state index in [1.54, 1.807) is 31.2 Å². The molecule has 2 heterocycles. The number of hydrogen-bond acceptors (Lipinski definition) is 4. The molecule has 1 N–H and O–H groups in total. The largest absolute Gasteiger partial charge is 0.486 e. The number of hydrogen-bond donors (Lipinski definition) is 1. The van der Waals surface area contributed by atoms with E-state index in [1.165, 1.54) is 10.7 Å². The molecule has 0 fully saturated rings. The second-order valence-electron chi connectivity index (χ2n) is 8.36. The Labute approximate surface area is 200 Å². The van der Waals surface area contributed by atoms with E-state index in [2.05, 4.69) is 10.4 Å². The summed E-state index contributed by atoms with van der Waals surface area (Å²) in [6, 6.07) is 15.8. The standard InChI is InChI=1S/C26H24F3N3O3/c1-16-9-17(2)11-22(10-16)34-15-21-7-8-23(35-21)25(33)30-24-12-18(3)32(31-24)14-19-5-4-6-20(13-19)26(27,28)29/h4-13H,14-15H2,1-3H3,(H,30,31,33). The fourth-order valence-electron chi connectivity index (χ4n) is 3.68. The lowest BCUT2D eigenvalue weighted by Crippen LogP contribution is -2.12. The Morgan fingerprint density at radius 1 is 1.03 bits per heavy atom. The first-order chi connectivity index (χ1) is 16.6. The molecule has 2 aromatic heterocycles. The maximum atomic E-state index is 13.0. The predicted molar refractivity (Wildman–Crippen MR) is 124 cm³/mol. The second kappa shape index (κ2) is 9.69. The summed E-state index contributed by atoms with van der Waals surface area (Å²) >= 11 is 0. The molecule has 182 valence electrons. The van der Waals surface area contributed by atoms with Crippen molar-refractivity contribution in [3.63, 3.8) is 0 Å². The van der Waals surface area contributed by atoms with Crippen molar-refractivity contribution in [2.45, 2.75) is 40.1 Å². The molecule has 0 aliphatic heterocycles. The minimum Gasteiger partial charge on any atom is -0.486 e. The second-order valence-corrected chi connectivity index (χ2v) is 8.36. The third-order valence-electron chi connectivity index (χ3n) is 5.27. The summed E-state index contributed by atoms with van der Waals surface area (Å²) in [6.45, 7) is 6.02. The molecule has 35 heavy (non-hydrogen) atoms. The van der Waals surface area contributed by atoms with Gasteiger partial charge in [-0.3, -0.25) is 9.48 Å². The van der Waals surface area contributed by atoms with Crippen molar-refractivity contribution in [1.29, 1.82) is 0 Å². The molecule has 0 unspecified atom stereocenters. The summed E-state index contributed by atoms with van der Waals surface area (Å²) in [6.07, 6.45) is -4.42. The fourth-order valence-corrected chi connectivity index (χ4v) is 3.68. The van der Waals surface area contributed by atoms with Crippen LogP contribution in [0.5, 0.6) is 5.75 Å². The van der Waals surface area contributed by atoms with E-state index in [1.807, 2.05) is 32.0 Å². The Hall–Kier alpha value is -4.01. The van der Waals surface area contributed by atoms with E-state index in [0.29, 0.717) is 22.8 Å². The zero-order chi connectivity index (χ0) is 25.2. The Morgan fingerprint density at radius 2 is 1.77 bits per heavy atom. The lowest BCUT2D eigenvalue weighted by atomic mass is 10.1. The number of carbonyl (C=O) groups is 1. The number of alkyl halides is 3. The maximum Gasteiger partial charge on any atom is 0.416 e. The first-order valence-electron chi connectivity index (χ1n) is 10.9. The number of aromatic nitrogens is 2. The lowest BCUT2D eigenvalue weighted by Gasteiger charge is -2.09. The third kappa shape index (κ3) is 6.11. The summed E-state index contributed by atoms with van der Waals surface area (Å²) < 4.78 is 51.8. The number of nitrogens with zero attached hydrogens (tertiary/aromatic N) is 2. The van der Waals surface area contributed by atoms with Crippen LogP contribution in [0, 0.1) is 20.8 Å². The number of amides is 1. The molecule has 0 spiro atoms.